The molecule has 0 radical (unpaired) electrons. The standard InChI is InChI=1S/C17H24N4O3/c1-14-3-2-5-21(7-14)17(22)4-6-20(8-15-10-23-12-18-15)9-16-11-24-13-19-16/h10-14H,2-9H2,1H3. The molecular formula is C17H24N4O3. The molecule has 1 unspecified atom stereocenters. The number of hydrogen-bond acceptors (Lipinski definition) is 6. The quantitative estimate of drug-likeness (QED) is 0.774. The third-order valence-corrected chi connectivity index (χ3v) is 4.39. The molecule has 1 atom stereocenters. The molecule has 24 heavy (non-hydrogen) atoms. The van der Waals surface area contributed by atoms with Crippen molar-refractivity contribution in [2.24, 2.45) is 5.92 Å². The zero-order valence-corrected chi connectivity index (χ0v) is 14.1. The third kappa shape index (κ3) is 4.67. The van der Waals surface area contributed by atoms with Gasteiger partial charge in [-0.3, -0.25) is 9.69 Å². The maximum atomic E-state index is 12.5. The molecule has 130 valence electrons. The van der Waals surface area contributed by atoms with Gasteiger partial charge in [-0.15, -0.1) is 0 Å². The van der Waals surface area contributed by atoms with Crippen LogP contribution in [0.2, 0.25) is 0 Å². The number of carbonyl (C=O) groups excluding carboxylic acids is 1. The Morgan fingerprint density at radius 3 is 2.46 bits per heavy atom. The summed E-state index contributed by atoms with van der Waals surface area (Å²) in [5, 5.41) is 0. The predicted octanol–water partition coefficient (Wildman–Crippen LogP) is 2.31. The molecule has 0 bridgehead atoms. The van der Waals surface area contributed by atoms with Crippen molar-refractivity contribution in [3.63, 3.8) is 0 Å². The predicted molar refractivity (Wildman–Crippen MR) is 86.7 cm³/mol. The fourth-order valence-electron chi connectivity index (χ4n) is 3.13. The summed E-state index contributed by atoms with van der Waals surface area (Å²) < 4.78 is 10.1. The second kappa shape index (κ2) is 8.10. The lowest BCUT2D eigenvalue weighted by Gasteiger charge is -2.31. The molecule has 1 aliphatic heterocycles. The molecule has 2 aromatic rings. The molecule has 0 aliphatic carbocycles. The van der Waals surface area contributed by atoms with Crippen LogP contribution in [0, 0.1) is 5.92 Å². The van der Waals surface area contributed by atoms with Crippen LogP contribution in [0.4, 0.5) is 0 Å². The largest absolute Gasteiger partial charge is 0.451 e. The Hall–Kier alpha value is -2.15. The zero-order valence-electron chi connectivity index (χ0n) is 14.1. The molecule has 0 spiro atoms. The van der Waals surface area contributed by atoms with Gasteiger partial charge < -0.3 is 13.7 Å². The van der Waals surface area contributed by atoms with Crippen LogP contribution in [0.3, 0.4) is 0 Å². The first-order valence-electron chi connectivity index (χ1n) is 8.45. The summed E-state index contributed by atoms with van der Waals surface area (Å²) in [6.45, 7) is 5.87. The minimum absolute atomic E-state index is 0.229. The van der Waals surface area contributed by atoms with Gasteiger partial charge >= 0.3 is 0 Å². The number of oxazole rings is 2. The van der Waals surface area contributed by atoms with Gasteiger partial charge in [0.2, 0.25) is 5.91 Å². The normalized spacial score (nSPS) is 18.2. The molecule has 7 nitrogen and oxygen atoms in total. The Kier molecular flexibility index (Phi) is 5.63. The lowest BCUT2D eigenvalue weighted by Crippen LogP contribution is -2.40. The van der Waals surface area contributed by atoms with Gasteiger partial charge in [-0.2, -0.15) is 0 Å². The van der Waals surface area contributed by atoms with E-state index < -0.39 is 0 Å². The first-order valence-corrected chi connectivity index (χ1v) is 8.45. The van der Waals surface area contributed by atoms with E-state index in [1.54, 1.807) is 12.5 Å². The van der Waals surface area contributed by atoms with Crippen LogP contribution >= 0.6 is 0 Å². The lowest BCUT2D eigenvalue weighted by molar-refractivity contribution is -0.133. The molecular weight excluding hydrogens is 308 g/mol. The molecule has 0 aromatic carbocycles. The molecule has 1 aliphatic rings. The van der Waals surface area contributed by atoms with Crippen LogP contribution in [0.5, 0.6) is 0 Å². The van der Waals surface area contributed by atoms with Crippen molar-refractivity contribution in [3.8, 4) is 0 Å². The van der Waals surface area contributed by atoms with E-state index in [0.29, 0.717) is 32.0 Å². The van der Waals surface area contributed by atoms with E-state index in [1.807, 2.05) is 4.90 Å². The summed E-state index contributed by atoms with van der Waals surface area (Å²) >= 11 is 0. The van der Waals surface area contributed by atoms with Gasteiger partial charge in [-0.25, -0.2) is 9.97 Å². The highest BCUT2D eigenvalue weighted by atomic mass is 16.3. The number of nitrogens with zero attached hydrogens (tertiary/aromatic N) is 4. The van der Waals surface area contributed by atoms with Crippen molar-refractivity contribution < 1.29 is 13.6 Å². The third-order valence-electron chi connectivity index (χ3n) is 4.39. The summed E-state index contributed by atoms with van der Waals surface area (Å²) in [5.74, 6) is 0.830. The molecule has 0 saturated carbocycles. The zero-order chi connectivity index (χ0) is 16.8. The van der Waals surface area contributed by atoms with Crippen LogP contribution in [0.25, 0.3) is 0 Å². The Morgan fingerprint density at radius 1 is 1.25 bits per heavy atom. The van der Waals surface area contributed by atoms with Gasteiger partial charge in [0.1, 0.15) is 12.5 Å². The molecule has 0 N–H and O–H groups in total. The maximum Gasteiger partial charge on any atom is 0.223 e. The average molecular weight is 332 g/mol. The summed E-state index contributed by atoms with van der Waals surface area (Å²) in [6, 6.07) is 0. The molecule has 3 rings (SSSR count). The first kappa shape index (κ1) is 16.7. The van der Waals surface area contributed by atoms with Crippen molar-refractivity contribution in [3.05, 3.63) is 36.7 Å². The van der Waals surface area contributed by atoms with Gasteiger partial charge in [0.25, 0.3) is 0 Å². The van der Waals surface area contributed by atoms with Crippen LogP contribution in [-0.4, -0.2) is 45.3 Å². The van der Waals surface area contributed by atoms with Crippen molar-refractivity contribution in [1.82, 2.24) is 19.8 Å². The van der Waals surface area contributed by atoms with E-state index in [-0.39, 0.29) is 5.91 Å². The highest BCUT2D eigenvalue weighted by Crippen LogP contribution is 2.16. The van der Waals surface area contributed by atoms with Gasteiger partial charge in [-0.1, -0.05) is 6.92 Å². The SMILES string of the molecule is CC1CCCN(C(=O)CCN(Cc2cocn2)Cc2cocn2)C1. The second-order valence-corrected chi connectivity index (χ2v) is 6.51. The average Bonchev–Trinajstić information content (AvgIpc) is 3.26. The topological polar surface area (TPSA) is 75.6 Å². The molecule has 7 heteroatoms. The van der Waals surface area contributed by atoms with Crippen molar-refractivity contribution >= 4 is 5.91 Å². The highest BCUT2D eigenvalue weighted by Gasteiger charge is 2.21. The van der Waals surface area contributed by atoms with E-state index in [1.165, 1.54) is 19.2 Å². The molecule has 2 aromatic heterocycles. The van der Waals surface area contributed by atoms with Crippen LogP contribution in [0.15, 0.2) is 34.1 Å². The van der Waals surface area contributed by atoms with Crippen molar-refractivity contribution in [1.29, 1.82) is 0 Å². The minimum Gasteiger partial charge on any atom is -0.451 e. The van der Waals surface area contributed by atoms with E-state index in [9.17, 15) is 4.79 Å². The monoisotopic (exact) mass is 332 g/mol. The highest BCUT2D eigenvalue weighted by molar-refractivity contribution is 5.76. The molecule has 1 fully saturated rings. The Balaban J connectivity index is 1.55. The fraction of sp³-hybridized carbons (Fsp3) is 0.588. The Morgan fingerprint density at radius 2 is 1.92 bits per heavy atom. The second-order valence-electron chi connectivity index (χ2n) is 6.51. The number of carbonyl (C=O) groups is 1. The van der Waals surface area contributed by atoms with Crippen molar-refractivity contribution in [2.75, 3.05) is 19.6 Å². The van der Waals surface area contributed by atoms with Crippen LogP contribution in [-0.2, 0) is 17.9 Å². The van der Waals surface area contributed by atoms with Gasteiger partial charge in [0, 0.05) is 39.1 Å². The number of amides is 1. The molecule has 3 heterocycles. The van der Waals surface area contributed by atoms with Crippen molar-refractivity contribution in [2.45, 2.75) is 39.3 Å². The number of aromatic nitrogens is 2. The summed E-state index contributed by atoms with van der Waals surface area (Å²) in [5.41, 5.74) is 1.69. The fourth-order valence-corrected chi connectivity index (χ4v) is 3.13. The molecule has 1 amide bonds. The minimum atomic E-state index is 0.229. The first-order chi connectivity index (χ1) is 11.7. The smallest absolute Gasteiger partial charge is 0.223 e. The van der Waals surface area contributed by atoms with E-state index in [4.69, 9.17) is 8.83 Å². The Bertz CT molecular complexity index is 576. The van der Waals surface area contributed by atoms with Crippen LogP contribution < -0.4 is 0 Å². The lowest BCUT2D eigenvalue weighted by atomic mass is 10.00. The summed E-state index contributed by atoms with van der Waals surface area (Å²) in [4.78, 5) is 25.0. The van der Waals surface area contributed by atoms with Gasteiger partial charge in [0.05, 0.1) is 11.4 Å². The summed E-state index contributed by atoms with van der Waals surface area (Å²) in [6.07, 6.45) is 8.92. The number of hydrogen-bond donors (Lipinski definition) is 0. The van der Waals surface area contributed by atoms with E-state index >= 15 is 0 Å². The maximum absolute atomic E-state index is 12.5. The van der Waals surface area contributed by atoms with E-state index in [2.05, 4.69) is 21.8 Å². The van der Waals surface area contributed by atoms with Crippen LogP contribution in [0.1, 0.15) is 37.6 Å². The summed E-state index contributed by atoms with van der Waals surface area (Å²) in [7, 11) is 0. The molecule has 1 saturated heterocycles. The number of likely N-dealkylation sites (tertiary alicyclic amines) is 1. The van der Waals surface area contributed by atoms with E-state index in [0.717, 1.165) is 30.9 Å². The Labute approximate surface area is 141 Å². The number of piperidine rings is 1. The van der Waals surface area contributed by atoms with Gasteiger partial charge in [0.15, 0.2) is 12.8 Å². The van der Waals surface area contributed by atoms with Gasteiger partial charge in [-0.05, 0) is 18.8 Å². The number of rotatable bonds is 7.